The molecule has 2 heterocycles. The summed E-state index contributed by atoms with van der Waals surface area (Å²) in [7, 11) is 1.82. The average molecular weight is 413 g/mol. The number of hydrogen-bond donors (Lipinski definition) is 2. The number of aliphatic imine (C=N–C) groups is 1. The molecule has 2 N–H and O–H groups in total. The summed E-state index contributed by atoms with van der Waals surface area (Å²) in [5.74, 6) is 1.27. The number of aromatic nitrogens is 2. The second-order valence-electron chi connectivity index (χ2n) is 8.18. The van der Waals surface area contributed by atoms with E-state index >= 15 is 0 Å². The number of nitrogens with zero attached hydrogens (tertiary/aromatic N) is 4. The summed E-state index contributed by atoms with van der Waals surface area (Å²) in [5, 5.41) is 11.5. The molecule has 1 aliphatic heterocycles. The standard InChI is InChI=1S/C23H36N6O/c1-18(16-29-20(3)13-19(2)27-29)14-25-23(24-4)26-15-21-7-5-6-8-22(21)17-28-9-11-30-12-10-28/h5-8,13,18H,9-12,14-17H2,1-4H3,(H2,24,25,26). The lowest BCUT2D eigenvalue weighted by molar-refractivity contribution is 0.0341. The van der Waals surface area contributed by atoms with E-state index in [9.17, 15) is 0 Å². The summed E-state index contributed by atoms with van der Waals surface area (Å²) in [6.07, 6.45) is 0. The Kier molecular flexibility index (Phi) is 8.28. The van der Waals surface area contributed by atoms with Gasteiger partial charge in [-0.2, -0.15) is 5.10 Å². The van der Waals surface area contributed by atoms with Gasteiger partial charge in [0.25, 0.3) is 0 Å². The summed E-state index contributed by atoms with van der Waals surface area (Å²) < 4.78 is 7.55. The van der Waals surface area contributed by atoms with Crippen molar-refractivity contribution in [3.63, 3.8) is 0 Å². The molecule has 0 amide bonds. The van der Waals surface area contributed by atoms with Crippen LogP contribution in [-0.4, -0.2) is 60.5 Å². The molecule has 1 unspecified atom stereocenters. The highest BCUT2D eigenvalue weighted by Crippen LogP contribution is 2.13. The van der Waals surface area contributed by atoms with Crippen LogP contribution in [0.25, 0.3) is 0 Å². The molecule has 2 aromatic rings. The van der Waals surface area contributed by atoms with E-state index in [1.54, 1.807) is 0 Å². The fourth-order valence-electron chi connectivity index (χ4n) is 3.77. The molecule has 7 nitrogen and oxygen atoms in total. The van der Waals surface area contributed by atoms with Gasteiger partial charge >= 0.3 is 0 Å². The summed E-state index contributed by atoms with van der Waals surface area (Å²) >= 11 is 0. The normalized spacial score (nSPS) is 16.5. The zero-order chi connectivity index (χ0) is 21.3. The number of guanidine groups is 1. The number of morpholine rings is 1. The first-order valence-corrected chi connectivity index (χ1v) is 10.9. The van der Waals surface area contributed by atoms with E-state index in [1.165, 1.54) is 16.8 Å². The molecule has 1 aliphatic rings. The van der Waals surface area contributed by atoms with Gasteiger partial charge in [-0.1, -0.05) is 31.2 Å². The maximum atomic E-state index is 5.47. The Morgan fingerprint density at radius 1 is 1.17 bits per heavy atom. The Morgan fingerprint density at radius 2 is 1.90 bits per heavy atom. The molecule has 1 aromatic carbocycles. The van der Waals surface area contributed by atoms with Crippen molar-refractivity contribution in [1.82, 2.24) is 25.3 Å². The largest absolute Gasteiger partial charge is 0.379 e. The Hall–Kier alpha value is -2.38. The van der Waals surface area contributed by atoms with Gasteiger partial charge in [-0.25, -0.2) is 0 Å². The van der Waals surface area contributed by atoms with Crippen LogP contribution in [0.5, 0.6) is 0 Å². The highest BCUT2D eigenvalue weighted by Gasteiger charge is 2.13. The van der Waals surface area contributed by atoms with E-state index in [0.29, 0.717) is 5.92 Å². The maximum absolute atomic E-state index is 5.47. The molecule has 0 bridgehead atoms. The molecular weight excluding hydrogens is 376 g/mol. The van der Waals surface area contributed by atoms with Crippen molar-refractivity contribution in [2.45, 2.75) is 40.4 Å². The zero-order valence-corrected chi connectivity index (χ0v) is 18.8. The van der Waals surface area contributed by atoms with Crippen molar-refractivity contribution in [2.24, 2.45) is 10.9 Å². The van der Waals surface area contributed by atoms with Gasteiger partial charge < -0.3 is 15.4 Å². The van der Waals surface area contributed by atoms with Crippen LogP contribution >= 0.6 is 0 Å². The second-order valence-corrected chi connectivity index (χ2v) is 8.18. The third-order valence-electron chi connectivity index (χ3n) is 5.49. The third-order valence-corrected chi connectivity index (χ3v) is 5.49. The Labute approximate surface area is 180 Å². The smallest absolute Gasteiger partial charge is 0.191 e. The summed E-state index contributed by atoms with van der Waals surface area (Å²) in [6, 6.07) is 10.8. The van der Waals surface area contributed by atoms with E-state index in [4.69, 9.17) is 4.74 Å². The molecule has 0 saturated carbocycles. The van der Waals surface area contributed by atoms with Gasteiger partial charge in [-0.3, -0.25) is 14.6 Å². The van der Waals surface area contributed by atoms with E-state index in [0.717, 1.165) is 64.1 Å². The molecule has 0 aliphatic carbocycles. The first kappa shape index (κ1) is 22.3. The van der Waals surface area contributed by atoms with Gasteiger partial charge in [0.15, 0.2) is 5.96 Å². The van der Waals surface area contributed by atoms with Crippen molar-refractivity contribution in [1.29, 1.82) is 0 Å². The Morgan fingerprint density at radius 3 is 2.57 bits per heavy atom. The van der Waals surface area contributed by atoms with Crippen LogP contribution in [0.3, 0.4) is 0 Å². The van der Waals surface area contributed by atoms with Crippen molar-refractivity contribution in [2.75, 3.05) is 39.9 Å². The summed E-state index contributed by atoms with van der Waals surface area (Å²) in [5.41, 5.74) is 4.95. The Bertz CT molecular complexity index is 825. The van der Waals surface area contributed by atoms with Crippen LogP contribution in [-0.2, 0) is 24.4 Å². The molecule has 1 aromatic heterocycles. The monoisotopic (exact) mass is 412 g/mol. The molecule has 7 heteroatoms. The zero-order valence-electron chi connectivity index (χ0n) is 18.8. The lowest BCUT2D eigenvalue weighted by atomic mass is 10.1. The molecule has 3 rings (SSSR count). The summed E-state index contributed by atoms with van der Waals surface area (Å²) in [6.45, 7) is 13.5. The van der Waals surface area contributed by atoms with Crippen LogP contribution in [0.1, 0.15) is 29.4 Å². The van der Waals surface area contributed by atoms with Gasteiger partial charge in [-0.15, -0.1) is 0 Å². The quantitative estimate of drug-likeness (QED) is 0.515. The number of hydrogen-bond acceptors (Lipinski definition) is 4. The van der Waals surface area contributed by atoms with E-state index in [1.807, 2.05) is 14.0 Å². The van der Waals surface area contributed by atoms with Gasteiger partial charge in [0.1, 0.15) is 0 Å². The number of ether oxygens (including phenoxy) is 1. The van der Waals surface area contributed by atoms with Crippen molar-refractivity contribution in [3.05, 3.63) is 52.8 Å². The molecular formula is C23H36N6O. The number of benzene rings is 1. The predicted molar refractivity (Wildman–Crippen MR) is 122 cm³/mol. The molecule has 1 fully saturated rings. The highest BCUT2D eigenvalue weighted by molar-refractivity contribution is 5.79. The van der Waals surface area contributed by atoms with Crippen LogP contribution in [0.2, 0.25) is 0 Å². The van der Waals surface area contributed by atoms with Crippen LogP contribution in [0.15, 0.2) is 35.3 Å². The topological polar surface area (TPSA) is 66.7 Å². The first-order valence-electron chi connectivity index (χ1n) is 10.9. The molecule has 0 spiro atoms. The average Bonchev–Trinajstić information content (AvgIpc) is 3.06. The van der Waals surface area contributed by atoms with E-state index < -0.39 is 0 Å². The van der Waals surface area contributed by atoms with Crippen LogP contribution in [0.4, 0.5) is 0 Å². The fraction of sp³-hybridized carbons (Fsp3) is 0.565. The SMILES string of the molecule is CN=C(NCc1ccccc1CN1CCOCC1)NCC(C)Cn1nc(C)cc1C. The lowest BCUT2D eigenvalue weighted by Crippen LogP contribution is -2.40. The van der Waals surface area contributed by atoms with Gasteiger partial charge in [0, 0.05) is 52.0 Å². The fourth-order valence-corrected chi connectivity index (χ4v) is 3.77. The molecule has 0 radical (unpaired) electrons. The van der Waals surface area contributed by atoms with Gasteiger partial charge in [0.2, 0.25) is 0 Å². The maximum Gasteiger partial charge on any atom is 0.191 e. The number of rotatable bonds is 8. The summed E-state index contributed by atoms with van der Waals surface area (Å²) in [4.78, 5) is 6.85. The van der Waals surface area contributed by atoms with E-state index in [-0.39, 0.29) is 0 Å². The van der Waals surface area contributed by atoms with Crippen molar-refractivity contribution < 1.29 is 4.74 Å². The highest BCUT2D eigenvalue weighted by atomic mass is 16.5. The van der Waals surface area contributed by atoms with Crippen LogP contribution < -0.4 is 10.6 Å². The minimum Gasteiger partial charge on any atom is -0.379 e. The molecule has 1 atom stereocenters. The minimum atomic E-state index is 0.440. The molecule has 30 heavy (non-hydrogen) atoms. The number of nitrogens with one attached hydrogen (secondary N) is 2. The third kappa shape index (κ3) is 6.57. The van der Waals surface area contributed by atoms with Crippen LogP contribution in [0, 0.1) is 19.8 Å². The lowest BCUT2D eigenvalue weighted by Gasteiger charge is -2.27. The Balaban J connectivity index is 1.48. The van der Waals surface area contributed by atoms with Crippen molar-refractivity contribution >= 4 is 5.96 Å². The second kappa shape index (κ2) is 11.1. The van der Waals surface area contributed by atoms with E-state index in [2.05, 4.69) is 74.5 Å². The van der Waals surface area contributed by atoms with Crippen molar-refractivity contribution in [3.8, 4) is 0 Å². The minimum absolute atomic E-state index is 0.440. The van der Waals surface area contributed by atoms with Gasteiger partial charge in [0.05, 0.1) is 18.9 Å². The molecule has 1 saturated heterocycles. The molecule has 164 valence electrons. The first-order chi connectivity index (χ1) is 14.5. The number of aryl methyl sites for hydroxylation is 2. The predicted octanol–water partition coefficient (Wildman–Crippen LogP) is 2.33. The van der Waals surface area contributed by atoms with Gasteiger partial charge in [-0.05, 0) is 37.0 Å².